The molecule has 2 rings (SSSR count). The molecule has 4 heteroatoms. The topological polar surface area (TPSA) is 12.0 Å². The SMILES string of the molecule is C[C@H](NCc1cc(Br)ccc1Cl)c1ccc(F)cc1. The summed E-state index contributed by atoms with van der Waals surface area (Å²) in [6, 6.07) is 12.4. The zero-order valence-electron chi connectivity index (χ0n) is 10.5. The van der Waals surface area contributed by atoms with Crippen LogP contribution >= 0.6 is 27.5 Å². The fourth-order valence-corrected chi connectivity index (χ4v) is 2.40. The van der Waals surface area contributed by atoms with E-state index in [1.807, 2.05) is 25.1 Å². The molecule has 0 aromatic heterocycles. The van der Waals surface area contributed by atoms with Gasteiger partial charge in [0.15, 0.2) is 0 Å². The normalized spacial score (nSPS) is 12.4. The van der Waals surface area contributed by atoms with E-state index in [0.29, 0.717) is 6.54 Å². The maximum Gasteiger partial charge on any atom is 0.123 e. The van der Waals surface area contributed by atoms with E-state index in [0.717, 1.165) is 20.6 Å². The Labute approximate surface area is 125 Å². The van der Waals surface area contributed by atoms with E-state index in [2.05, 4.69) is 21.2 Å². The van der Waals surface area contributed by atoms with E-state index in [1.54, 1.807) is 12.1 Å². The summed E-state index contributed by atoms with van der Waals surface area (Å²) in [7, 11) is 0. The third kappa shape index (κ3) is 4.03. The lowest BCUT2D eigenvalue weighted by molar-refractivity contribution is 0.571. The molecule has 0 aliphatic heterocycles. The van der Waals surface area contributed by atoms with Crippen LogP contribution in [0.25, 0.3) is 0 Å². The van der Waals surface area contributed by atoms with Gasteiger partial charge in [0.05, 0.1) is 0 Å². The summed E-state index contributed by atoms with van der Waals surface area (Å²) in [6.45, 7) is 2.70. The molecule has 0 radical (unpaired) electrons. The Balaban J connectivity index is 2.02. The van der Waals surface area contributed by atoms with Gasteiger partial charge in [-0.25, -0.2) is 4.39 Å². The van der Waals surface area contributed by atoms with Crippen molar-refractivity contribution in [2.24, 2.45) is 0 Å². The van der Waals surface area contributed by atoms with Gasteiger partial charge in [0.25, 0.3) is 0 Å². The van der Waals surface area contributed by atoms with Gasteiger partial charge in [-0.3, -0.25) is 0 Å². The standard InChI is InChI=1S/C15H14BrClFN/c1-10(11-2-5-14(18)6-3-11)19-9-12-8-13(16)4-7-15(12)17/h2-8,10,19H,9H2,1H3/t10-/m0/s1. The number of hydrogen-bond donors (Lipinski definition) is 1. The number of halogens is 3. The first-order valence-corrected chi connectivity index (χ1v) is 7.16. The Hall–Kier alpha value is -0.900. The van der Waals surface area contributed by atoms with E-state index in [4.69, 9.17) is 11.6 Å². The Kier molecular flexibility index (Phi) is 4.97. The highest BCUT2D eigenvalue weighted by atomic mass is 79.9. The molecular weight excluding hydrogens is 329 g/mol. The van der Waals surface area contributed by atoms with Crippen molar-refractivity contribution in [1.29, 1.82) is 0 Å². The molecule has 0 saturated heterocycles. The Morgan fingerprint density at radius 3 is 2.58 bits per heavy atom. The van der Waals surface area contributed by atoms with Crippen LogP contribution < -0.4 is 5.32 Å². The second-order valence-electron chi connectivity index (χ2n) is 4.39. The maximum absolute atomic E-state index is 12.9. The van der Waals surface area contributed by atoms with Crippen molar-refractivity contribution in [1.82, 2.24) is 5.32 Å². The molecule has 0 heterocycles. The molecule has 1 N–H and O–H groups in total. The molecule has 0 saturated carbocycles. The van der Waals surface area contributed by atoms with Crippen LogP contribution in [0.3, 0.4) is 0 Å². The fraction of sp³-hybridized carbons (Fsp3) is 0.200. The highest BCUT2D eigenvalue weighted by Gasteiger charge is 2.07. The summed E-state index contributed by atoms with van der Waals surface area (Å²) in [6.07, 6.45) is 0. The van der Waals surface area contributed by atoms with Gasteiger partial charge in [0.1, 0.15) is 5.82 Å². The minimum Gasteiger partial charge on any atom is -0.306 e. The second-order valence-corrected chi connectivity index (χ2v) is 5.71. The van der Waals surface area contributed by atoms with Gasteiger partial charge in [0.2, 0.25) is 0 Å². The van der Waals surface area contributed by atoms with Crippen molar-refractivity contribution in [3.63, 3.8) is 0 Å². The van der Waals surface area contributed by atoms with Crippen LogP contribution in [-0.4, -0.2) is 0 Å². The summed E-state index contributed by atoms with van der Waals surface area (Å²) < 4.78 is 13.9. The molecule has 100 valence electrons. The molecule has 1 nitrogen and oxygen atoms in total. The molecule has 0 fully saturated rings. The lowest BCUT2D eigenvalue weighted by atomic mass is 10.1. The van der Waals surface area contributed by atoms with Crippen molar-refractivity contribution in [2.75, 3.05) is 0 Å². The summed E-state index contributed by atoms with van der Waals surface area (Å²) in [5.74, 6) is -0.217. The van der Waals surface area contributed by atoms with Crippen LogP contribution in [0.4, 0.5) is 4.39 Å². The first-order valence-electron chi connectivity index (χ1n) is 5.99. The van der Waals surface area contributed by atoms with Crippen LogP contribution in [0.2, 0.25) is 5.02 Å². The molecular formula is C15H14BrClFN. The van der Waals surface area contributed by atoms with Gasteiger partial charge in [0, 0.05) is 22.1 Å². The molecule has 1 atom stereocenters. The highest BCUT2D eigenvalue weighted by molar-refractivity contribution is 9.10. The van der Waals surface area contributed by atoms with Crippen LogP contribution in [0.1, 0.15) is 24.1 Å². The molecule has 0 aliphatic carbocycles. The second kappa shape index (κ2) is 6.51. The first-order chi connectivity index (χ1) is 9.06. The Morgan fingerprint density at radius 2 is 1.89 bits per heavy atom. The van der Waals surface area contributed by atoms with Crippen LogP contribution in [0.15, 0.2) is 46.9 Å². The monoisotopic (exact) mass is 341 g/mol. The molecule has 2 aromatic carbocycles. The number of hydrogen-bond acceptors (Lipinski definition) is 1. The third-order valence-electron chi connectivity index (χ3n) is 2.98. The molecule has 0 amide bonds. The molecule has 19 heavy (non-hydrogen) atoms. The lowest BCUT2D eigenvalue weighted by Crippen LogP contribution is -2.18. The van der Waals surface area contributed by atoms with E-state index in [1.165, 1.54) is 12.1 Å². The zero-order chi connectivity index (χ0) is 13.8. The summed E-state index contributed by atoms with van der Waals surface area (Å²) in [5.41, 5.74) is 2.08. The van der Waals surface area contributed by atoms with Gasteiger partial charge in [-0.1, -0.05) is 39.7 Å². The van der Waals surface area contributed by atoms with Crippen molar-refractivity contribution in [3.8, 4) is 0 Å². The molecule has 2 aromatic rings. The molecule has 0 spiro atoms. The minimum atomic E-state index is -0.217. The van der Waals surface area contributed by atoms with Crippen LogP contribution in [-0.2, 0) is 6.54 Å². The van der Waals surface area contributed by atoms with E-state index in [9.17, 15) is 4.39 Å². The summed E-state index contributed by atoms with van der Waals surface area (Å²) >= 11 is 9.56. The maximum atomic E-state index is 12.9. The van der Waals surface area contributed by atoms with Crippen molar-refractivity contribution in [3.05, 3.63) is 68.9 Å². The van der Waals surface area contributed by atoms with E-state index in [-0.39, 0.29) is 11.9 Å². The summed E-state index contributed by atoms with van der Waals surface area (Å²) in [4.78, 5) is 0. The van der Waals surface area contributed by atoms with Gasteiger partial charge in [-0.05, 0) is 48.4 Å². The quantitative estimate of drug-likeness (QED) is 0.816. The fourth-order valence-electron chi connectivity index (χ4n) is 1.81. The van der Waals surface area contributed by atoms with Gasteiger partial charge < -0.3 is 5.32 Å². The average Bonchev–Trinajstić information content (AvgIpc) is 2.40. The zero-order valence-corrected chi connectivity index (χ0v) is 12.8. The number of rotatable bonds is 4. The molecule has 0 bridgehead atoms. The average molecular weight is 343 g/mol. The van der Waals surface area contributed by atoms with Crippen molar-refractivity contribution >= 4 is 27.5 Å². The predicted octanol–water partition coefficient (Wildman–Crippen LogP) is 5.09. The largest absolute Gasteiger partial charge is 0.306 e. The third-order valence-corrected chi connectivity index (χ3v) is 3.84. The molecule has 0 unspecified atom stereocenters. The van der Waals surface area contributed by atoms with Gasteiger partial charge in [-0.15, -0.1) is 0 Å². The van der Waals surface area contributed by atoms with E-state index >= 15 is 0 Å². The number of nitrogens with one attached hydrogen (secondary N) is 1. The lowest BCUT2D eigenvalue weighted by Gasteiger charge is -2.15. The minimum absolute atomic E-state index is 0.135. The first kappa shape index (κ1) is 14.5. The Bertz CT molecular complexity index is 557. The smallest absolute Gasteiger partial charge is 0.123 e. The molecule has 0 aliphatic rings. The highest BCUT2D eigenvalue weighted by Crippen LogP contribution is 2.22. The van der Waals surface area contributed by atoms with Crippen molar-refractivity contribution in [2.45, 2.75) is 19.5 Å². The predicted molar refractivity (Wildman–Crippen MR) is 80.8 cm³/mol. The van der Waals surface area contributed by atoms with Gasteiger partial charge in [-0.2, -0.15) is 0 Å². The number of benzene rings is 2. The van der Waals surface area contributed by atoms with Crippen LogP contribution in [0, 0.1) is 5.82 Å². The van der Waals surface area contributed by atoms with Crippen LogP contribution in [0.5, 0.6) is 0 Å². The summed E-state index contributed by atoms with van der Waals surface area (Å²) in [5, 5.41) is 4.11. The van der Waals surface area contributed by atoms with Gasteiger partial charge >= 0.3 is 0 Å². The Morgan fingerprint density at radius 1 is 1.21 bits per heavy atom. The van der Waals surface area contributed by atoms with Crippen molar-refractivity contribution < 1.29 is 4.39 Å². The van der Waals surface area contributed by atoms with E-state index < -0.39 is 0 Å².